The summed E-state index contributed by atoms with van der Waals surface area (Å²) < 4.78 is 7.33. The van der Waals surface area contributed by atoms with Crippen LogP contribution in [-0.2, 0) is 13.0 Å². The van der Waals surface area contributed by atoms with Crippen molar-refractivity contribution in [3.63, 3.8) is 0 Å². The number of nitrogens with zero attached hydrogens (tertiary/aromatic N) is 3. The van der Waals surface area contributed by atoms with Gasteiger partial charge in [0, 0.05) is 13.0 Å². The number of ether oxygens (including phenoxy) is 1. The van der Waals surface area contributed by atoms with Crippen molar-refractivity contribution < 1.29 is 14.6 Å². The van der Waals surface area contributed by atoms with Crippen LogP contribution in [0.1, 0.15) is 41.5 Å². The lowest BCUT2D eigenvalue weighted by Gasteiger charge is -2.08. The van der Waals surface area contributed by atoms with Crippen LogP contribution < -0.4 is 4.74 Å². The van der Waals surface area contributed by atoms with Gasteiger partial charge in [-0.3, -0.25) is 0 Å². The fourth-order valence-electron chi connectivity index (χ4n) is 2.20. The molecule has 1 N–H and O–H groups in total. The van der Waals surface area contributed by atoms with Crippen molar-refractivity contribution in [2.45, 2.75) is 39.7 Å². The van der Waals surface area contributed by atoms with Crippen LogP contribution in [0.15, 0.2) is 24.3 Å². The van der Waals surface area contributed by atoms with E-state index in [9.17, 15) is 4.79 Å². The highest BCUT2D eigenvalue weighted by Gasteiger charge is 2.17. The molecule has 22 heavy (non-hydrogen) atoms. The second-order valence-corrected chi connectivity index (χ2v) is 5.18. The molecule has 0 aliphatic carbocycles. The molecule has 0 radical (unpaired) electrons. The van der Waals surface area contributed by atoms with E-state index in [1.165, 1.54) is 5.56 Å². The van der Waals surface area contributed by atoms with Gasteiger partial charge in [0.15, 0.2) is 5.69 Å². The standard InChI is InChI=1S/C16H21N3O3/c1-3-5-14-15(16(20)21)17-18-19(14)10-4-11-22-13-8-6-12(2)7-9-13/h6-9H,3-5,10-11H2,1-2H3,(H,20,21). The minimum Gasteiger partial charge on any atom is -0.494 e. The number of carbonyl (C=O) groups is 1. The Morgan fingerprint density at radius 1 is 1.32 bits per heavy atom. The quantitative estimate of drug-likeness (QED) is 0.759. The normalized spacial score (nSPS) is 10.6. The smallest absolute Gasteiger partial charge is 0.358 e. The largest absolute Gasteiger partial charge is 0.494 e. The second-order valence-electron chi connectivity index (χ2n) is 5.18. The number of benzene rings is 1. The average Bonchev–Trinajstić information content (AvgIpc) is 2.89. The molecule has 2 rings (SSSR count). The van der Waals surface area contributed by atoms with E-state index in [2.05, 4.69) is 10.3 Å². The minimum absolute atomic E-state index is 0.0568. The van der Waals surface area contributed by atoms with Crippen molar-refractivity contribution in [3.8, 4) is 5.75 Å². The van der Waals surface area contributed by atoms with E-state index in [-0.39, 0.29) is 5.69 Å². The monoisotopic (exact) mass is 303 g/mol. The Hall–Kier alpha value is -2.37. The van der Waals surface area contributed by atoms with E-state index in [1.807, 2.05) is 38.1 Å². The van der Waals surface area contributed by atoms with Gasteiger partial charge < -0.3 is 9.84 Å². The Labute approximate surface area is 129 Å². The van der Waals surface area contributed by atoms with Crippen LogP contribution in [0.5, 0.6) is 5.75 Å². The predicted octanol–water partition coefficient (Wildman–Crippen LogP) is 2.71. The molecule has 0 fully saturated rings. The van der Waals surface area contributed by atoms with Crippen LogP contribution in [0.3, 0.4) is 0 Å². The van der Waals surface area contributed by atoms with Gasteiger partial charge in [0.2, 0.25) is 0 Å². The SMILES string of the molecule is CCCc1c(C(=O)O)nnn1CCCOc1ccc(C)cc1. The summed E-state index contributed by atoms with van der Waals surface area (Å²) in [6, 6.07) is 7.89. The summed E-state index contributed by atoms with van der Waals surface area (Å²) in [5.74, 6) is -0.185. The van der Waals surface area contributed by atoms with Gasteiger partial charge >= 0.3 is 5.97 Å². The lowest BCUT2D eigenvalue weighted by molar-refractivity contribution is 0.0689. The number of aryl methyl sites for hydroxylation is 2. The summed E-state index contributed by atoms with van der Waals surface area (Å²) >= 11 is 0. The van der Waals surface area contributed by atoms with Gasteiger partial charge in [-0.05, 0) is 25.5 Å². The van der Waals surface area contributed by atoms with Crippen LogP contribution in [0, 0.1) is 6.92 Å². The zero-order valence-electron chi connectivity index (χ0n) is 13.0. The van der Waals surface area contributed by atoms with Crippen molar-refractivity contribution in [3.05, 3.63) is 41.2 Å². The van der Waals surface area contributed by atoms with Crippen LogP contribution in [0.4, 0.5) is 0 Å². The van der Waals surface area contributed by atoms with Crippen molar-refractivity contribution in [1.82, 2.24) is 15.0 Å². The van der Waals surface area contributed by atoms with E-state index < -0.39 is 5.97 Å². The Balaban J connectivity index is 1.88. The Bertz CT molecular complexity index is 620. The molecule has 0 atom stereocenters. The Kier molecular flexibility index (Phi) is 5.52. The van der Waals surface area contributed by atoms with E-state index >= 15 is 0 Å². The predicted molar refractivity (Wildman–Crippen MR) is 82.3 cm³/mol. The fourth-order valence-corrected chi connectivity index (χ4v) is 2.20. The number of carboxylic acid groups (broad SMARTS) is 1. The summed E-state index contributed by atoms with van der Waals surface area (Å²) in [7, 11) is 0. The highest BCUT2D eigenvalue weighted by atomic mass is 16.5. The minimum atomic E-state index is -1.02. The second kappa shape index (κ2) is 7.59. The van der Waals surface area contributed by atoms with Gasteiger partial charge in [0.1, 0.15) is 5.75 Å². The summed E-state index contributed by atoms with van der Waals surface area (Å²) in [4.78, 5) is 11.1. The number of rotatable bonds is 8. The Morgan fingerprint density at radius 3 is 2.68 bits per heavy atom. The van der Waals surface area contributed by atoms with E-state index in [0.29, 0.717) is 25.3 Å². The van der Waals surface area contributed by atoms with Crippen molar-refractivity contribution in [2.24, 2.45) is 0 Å². The van der Waals surface area contributed by atoms with Gasteiger partial charge in [-0.1, -0.05) is 36.3 Å². The lowest BCUT2D eigenvalue weighted by Crippen LogP contribution is -2.11. The molecule has 0 bridgehead atoms. The molecule has 0 amide bonds. The molecule has 0 unspecified atom stereocenters. The summed E-state index contributed by atoms with van der Waals surface area (Å²) in [6.45, 7) is 5.19. The number of hydrogen-bond acceptors (Lipinski definition) is 4. The first-order chi connectivity index (χ1) is 10.6. The molecule has 0 saturated carbocycles. The number of carboxylic acids is 1. The topological polar surface area (TPSA) is 77.2 Å². The third kappa shape index (κ3) is 4.07. The third-order valence-corrected chi connectivity index (χ3v) is 3.33. The molecule has 0 spiro atoms. The average molecular weight is 303 g/mol. The first kappa shape index (κ1) is 16.0. The molecule has 6 nitrogen and oxygen atoms in total. The summed E-state index contributed by atoms with van der Waals surface area (Å²) in [6.07, 6.45) is 2.26. The highest BCUT2D eigenvalue weighted by Crippen LogP contribution is 2.12. The molecule has 0 aliphatic rings. The summed E-state index contributed by atoms with van der Waals surface area (Å²) in [5, 5.41) is 16.8. The van der Waals surface area contributed by atoms with Crippen LogP contribution in [-0.4, -0.2) is 32.7 Å². The molecule has 118 valence electrons. The zero-order chi connectivity index (χ0) is 15.9. The molecule has 6 heteroatoms. The van der Waals surface area contributed by atoms with Gasteiger partial charge in [-0.15, -0.1) is 5.10 Å². The van der Waals surface area contributed by atoms with Gasteiger partial charge in [-0.2, -0.15) is 0 Å². The zero-order valence-corrected chi connectivity index (χ0v) is 13.0. The molecule has 2 aromatic rings. The number of hydrogen-bond donors (Lipinski definition) is 1. The fraction of sp³-hybridized carbons (Fsp3) is 0.438. The van der Waals surface area contributed by atoms with Gasteiger partial charge in [-0.25, -0.2) is 9.48 Å². The van der Waals surface area contributed by atoms with Gasteiger partial charge in [0.25, 0.3) is 0 Å². The van der Waals surface area contributed by atoms with E-state index in [0.717, 1.165) is 18.6 Å². The molecule has 1 aromatic carbocycles. The van der Waals surface area contributed by atoms with Crippen LogP contribution >= 0.6 is 0 Å². The van der Waals surface area contributed by atoms with E-state index in [4.69, 9.17) is 9.84 Å². The first-order valence-corrected chi connectivity index (χ1v) is 7.47. The van der Waals surface area contributed by atoms with Crippen LogP contribution in [0.25, 0.3) is 0 Å². The molecular formula is C16H21N3O3. The lowest BCUT2D eigenvalue weighted by atomic mass is 10.2. The van der Waals surface area contributed by atoms with Crippen molar-refractivity contribution in [1.29, 1.82) is 0 Å². The van der Waals surface area contributed by atoms with E-state index in [1.54, 1.807) is 4.68 Å². The van der Waals surface area contributed by atoms with Gasteiger partial charge in [0.05, 0.1) is 12.3 Å². The maximum atomic E-state index is 11.1. The Morgan fingerprint density at radius 2 is 2.05 bits per heavy atom. The first-order valence-electron chi connectivity index (χ1n) is 7.47. The van der Waals surface area contributed by atoms with Crippen molar-refractivity contribution >= 4 is 5.97 Å². The number of aromatic nitrogens is 3. The maximum absolute atomic E-state index is 11.1. The highest BCUT2D eigenvalue weighted by molar-refractivity contribution is 5.86. The van der Waals surface area contributed by atoms with Crippen LogP contribution in [0.2, 0.25) is 0 Å². The molecule has 0 aliphatic heterocycles. The van der Waals surface area contributed by atoms with Crippen molar-refractivity contribution in [2.75, 3.05) is 6.61 Å². The summed E-state index contributed by atoms with van der Waals surface area (Å²) in [5.41, 5.74) is 1.94. The maximum Gasteiger partial charge on any atom is 0.358 e. The molecule has 1 aromatic heterocycles. The molecule has 1 heterocycles. The third-order valence-electron chi connectivity index (χ3n) is 3.33. The number of aromatic carboxylic acids is 1. The molecule has 0 saturated heterocycles. The molecular weight excluding hydrogens is 282 g/mol.